The maximum Gasteiger partial charge on any atom is 0.409 e. The predicted molar refractivity (Wildman–Crippen MR) is 79.9 cm³/mol. The van der Waals surface area contributed by atoms with Crippen LogP contribution in [0.2, 0.25) is 0 Å². The highest BCUT2D eigenvalue weighted by Crippen LogP contribution is 2.12. The summed E-state index contributed by atoms with van der Waals surface area (Å²) >= 11 is 0. The minimum Gasteiger partial charge on any atom is -0.450 e. The Labute approximate surface area is 122 Å². The Kier molecular flexibility index (Phi) is 6.60. The molecule has 5 heteroatoms. The van der Waals surface area contributed by atoms with Crippen LogP contribution in [0.3, 0.4) is 0 Å². The molecule has 5 nitrogen and oxygen atoms in total. The largest absolute Gasteiger partial charge is 0.450 e. The van der Waals surface area contributed by atoms with Gasteiger partial charge in [0.1, 0.15) is 0 Å². The average molecular weight is 283 g/mol. The third-order valence-electron chi connectivity index (χ3n) is 4.33. The molecule has 0 aromatic heterocycles. The molecule has 0 aliphatic carbocycles. The van der Waals surface area contributed by atoms with Gasteiger partial charge in [0.15, 0.2) is 0 Å². The van der Waals surface area contributed by atoms with Crippen molar-refractivity contribution in [3.63, 3.8) is 0 Å². The first-order chi connectivity index (χ1) is 9.79. The van der Waals surface area contributed by atoms with E-state index >= 15 is 0 Å². The van der Waals surface area contributed by atoms with E-state index < -0.39 is 0 Å². The van der Waals surface area contributed by atoms with E-state index in [4.69, 9.17) is 4.74 Å². The summed E-state index contributed by atoms with van der Waals surface area (Å²) in [4.78, 5) is 16.0. The lowest BCUT2D eigenvalue weighted by Gasteiger charge is -2.32. The third-order valence-corrected chi connectivity index (χ3v) is 4.33. The minimum atomic E-state index is -0.153. The van der Waals surface area contributed by atoms with Crippen molar-refractivity contribution in [1.82, 2.24) is 15.1 Å². The smallest absolute Gasteiger partial charge is 0.409 e. The van der Waals surface area contributed by atoms with Crippen LogP contribution in [-0.4, -0.2) is 67.8 Å². The second-order valence-electron chi connectivity index (χ2n) is 5.82. The van der Waals surface area contributed by atoms with Gasteiger partial charge in [-0.15, -0.1) is 0 Å². The molecule has 116 valence electrons. The van der Waals surface area contributed by atoms with Crippen LogP contribution in [0.4, 0.5) is 4.79 Å². The molecular formula is C15H29N3O2. The number of piperidine rings is 2. The Morgan fingerprint density at radius 2 is 1.85 bits per heavy atom. The molecule has 2 aliphatic rings. The van der Waals surface area contributed by atoms with Gasteiger partial charge in [0.05, 0.1) is 6.61 Å². The molecule has 2 fully saturated rings. The molecule has 0 aromatic rings. The van der Waals surface area contributed by atoms with Crippen molar-refractivity contribution >= 4 is 6.09 Å². The molecular weight excluding hydrogens is 254 g/mol. The zero-order chi connectivity index (χ0) is 14.2. The Hall–Kier alpha value is -0.810. The Bertz CT molecular complexity index is 285. The second kappa shape index (κ2) is 8.47. The highest BCUT2D eigenvalue weighted by Gasteiger charge is 2.23. The molecule has 0 aromatic carbocycles. The predicted octanol–water partition coefficient (Wildman–Crippen LogP) is 1.68. The van der Waals surface area contributed by atoms with Crippen molar-refractivity contribution in [1.29, 1.82) is 0 Å². The standard InChI is InChI=1S/C15H29N3O2/c1-2-20-15(19)18-11-6-14(7-12-18)16-8-13-17-9-4-3-5-10-17/h14,16H,2-13H2,1H3. The molecule has 0 radical (unpaired) electrons. The summed E-state index contributed by atoms with van der Waals surface area (Å²) in [5.74, 6) is 0. The third kappa shape index (κ3) is 4.94. The summed E-state index contributed by atoms with van der Waals surface area (Å²) < 4.78 is 5.04. The summed E-state index contributed by atoms with van der Waals surface area (Å²) in [7, 11) is 0. The monoisotopic (exact) mass is 283 g/mol. The molecule has 2 saturated heterocycles. The number of nitrogens with zero attached hydrogens (tertiary/aromatic N) is 2. The van der Waals surface area contributed by atoms with Crippen LogP contribution in [-0.2, 0) is 4.74 Å². The van der Waals surface area contributed by atoms with E-state index in [9.17, 15) is 4.79 Å². The molecule has 0 spiro atoms. The number of hydrogen-bond donors (Lipinski definition) is 1. The zero-order valence-corrected chi connectivity index (χ0v) is 12.8. The fourth-order valence-electron chi connectivity index (χ4n) is 3.09. The van der Waals surface area contributed by atoms with E-state index in [2.05, 4.69) is 10.2 Å². The number of carbonyl (C=O) groups excluding carboxylic acids is 1. The lowest BCUT2D eigenvalue weighted by Crippen LogP contribution is -2.47. The first-order valence-electron chi connectivity index (χ1n) is 8.17. The van der Waals surface area contributed by atoms with Crippen LogP contribution in [0, 0.1) is 0 Å². The Morgan fingerprint density at radius 3 is 2.50 bits per heavy atom. The van der Waals surface area contributed by atoms with E-state index in [1.165, 1.54) is 32.4 Å². The summed E-state index contributed by atoms with van der Waals surface area (Å²) in [6.45, 7) is 8.73. The minimum absolute atomic E-state index is 0.153. The average Bonchev–Trinajstić information content (AvgIpc) is 2.49. The maximum absolute atomic E-state index is 11.6. The van der Waals surface area contributed by atoms with Crippen molar-refractivity contribution in [3.05, 3.63) is 0 Å². The van der Waals surface area contributed by atoms with Gasteiger partial charge in [0.25, 0.3) is 0 Å². The molecule has 0 bridgehead atoms. The Balaban J connectivity index is 1.56. The van der Waals surface area contributed by atoms with E-state index in [0.29, 0.717) is 12.6 Å². The molecule has 0 saturated carbocycles. The van der Waals surface area contributed by atoms with Crippen molar-refractivity contribution in [2.75, 3.05) is 45.9 Å². The highest BCUT2D eigenvalue weighted by molar-refractivity contribution is 5.67. The lowest BCUT2D eigenvalue weighted by atomic mass is 10.1. The summed E-state index contributed by atoms with van der Waals surface area (Å²) in [5.41, 5.74) is 0. The number of nitrogens with one attached hydrogen (secondary N) is 1. The highest BCUT2D eigenvalue weighted by atomic mass is 16.6. The van der Waals surface area contributed by atoms with Crippen LogP contribution in [0.15, 0.2) is 0 Å². The van der Waals surface area contributed by atoms with Crippen molar-refractivity contribution in [2.24, 2.45) is 0 Å². The van der Waals surface area contributed by atoms with Gasteiger partial charge in [0.2, 0.25) is 0 Å². The van der Waals surface area contributed by atoms with Gasteiger partial charge in [0, 0.05) is 32.2 Å². The van der Waals surface area contributed by atoms with Gasteiger partial charge in [-0.25, -0.2) is 4.79 Å². The number of amides is 1. The van der Waals surface area contributed by atoms with Crippen LogP contribution in [0.25, 0.3) is 0 Å². The summed E-state index contributed by atoms with van der Waals surface area (Å²) in [5, 5.41) is 3.64. The van der Waals surface area contributed by atoms with E-state index in [-0.39, 0.29) is 6.09 Å². The number of hydrogen-bond acceptors (Lipinski definition) is 4. The molecule has 1 amide bonds. The van der Waals surface area contributed by atoms with E-state index in [1.54, 1.807) is 0 Å². The molecule has 1 N–H and O–H groups in total. The van der Waals surface area contributed by atoms with Crippen LogP contribution in [0.1, 0.15) is 39.0 Å². The molecule has 2 heterocycles. The fraction of sp³-hybridized carbons (Fsp3) is 0.933. The van der Waals surface area contributed by atoms with Crippen molar-refractivity contribution in [3.8, 4) is 0 Å². The number of carbonyl (C=O) groups is 1. The van der Waals surface area contributed by atoms with Gasteiger partial charge in [-0.1, -0.05) is 6.42 Å². The Morgan fingerprint density at radius 1 is 1.15 bits per heavy atom. The molecule has 2 aliphatic heterocycles. The van der Waals surface area contributed by atoms with Gasteiger partial charge in [-0.3, -0.25) is 0 Å². The van der Waals surface area contributed by atoms with Crippen LogP contribution in [0.5, 0.6) is 0 Å². The van der Waals surface area contributed by atoms with Gasteiger partial charge in [-0.05, 0) is 45.7 Å². The topological polar surface area (TPSA) is 44.8 Å². The quantitative estimate of drug-likeness (QED) is 0.834. The lowest BCUT2D eigenvalue weighted by molar-refractivity contribution is 0.0947. The summed E-state index contributed by atoms with van der Waals surface area (Å²) in [6, 6.07) is 0.561. The zero-order valence-electron chi connectivity index (χ0n) is 12.8. The first-order valence-corrected chi connectivity index (χ1v) is 8.17. The van der Waals surface area contributed by atoms with Gasteiger partial charge < -0.3 is 19.9 Å². The molecule has 2 rings (SSSR count). The number of likely N-dealkylation sites (tertiary alicyclic amines) is 2. The molecule has 0 atom stereocenters. The summed E-state index contributed by atoms with van der Waals surface area (Å²) in [6.07, 6.45) is 6.04. The first kappa shape index (κ1) is 15.6. The van der Waals surface area contributed by atoms with Crippen LogP contribution < -0.4 is 5.32 Å². The second-order valence-corrected chi connectivity index (χ2v) is 5.82. The SMILES string of the molecule is CCOC(=O)N1CCC(NCCN2CCCCC2)CC1. The number of ether oxygens (including phenoxy) is 1. The van der Waals surface area contributed by atoms with Crippen LogP contribution >= 0.6 is 0 Å². The maximum atomic E-state index is 11.6. The van der Waals surface area contributed by atoms with Gasteiger partial charge >= 0.3 is 6.09 Å². The van der Waals surface area contributed by atoms with E-state index in [0.717, 1.165) is 39.0 Å². The number of rotatable bonds is 5. The molecule has 20 heavy (non-hydrogen) atoms. The van der Waals surface area contributed by atoms with Crippen molar-refractivity contribution < 1.29 is 9.53 Å². The fourth-order valence-corrected chi connectivity index (χ4v) is 3.09. The van der Waals surface area contributed by atoms with Gasteiger partial charge in [-0.2, -0.15) is 0 Å². The van der Waals surface area contributed by atoms with E-state index in [1.807, 2.05) is 11.8 Å². The molecule has 0 unspecified atom stereocenters. The van der Waals surface area contributed by atoms with Crippen molar-refractivity contribution in [2.45, 2.75) is 45.1 Å². The normalized spacial score (nSPS) is 21.9.